The molecule has 0 aromatic heterocycles. The largest absolute Gasteiger partial charge is 0.242 e. The molecule has 1 N–H and O–H groups in total. The third kappa shape index (κ3) is 3.14. The maximum absolute atomic E-state index is 11.9. The van der Waals surface area contributed by atoms with Gasteiger partial charge in [0.2, 0.25) is 20.0 Å². The minimum atomic E-state index is -3.54. The number of hydrogen-bond donors (Lipinski definition) is 1. The number of nitrogens with zero attached hydrogens (tertiary/aromatic N) is 1. The van der Waals surface area contributed by atoms with E-state index in [-0.39, 0.29) is 15.8 Å². The normalized spacial score (nSPS) is 16.8. The third-order valence-electron chi connectivity index (χ3n) is 2.81. The highest BCUT2D eigenvalue weighted by Crippen LogP contribution is 2.23. The van der Waals surface area contributed by atoms with Crippen LogP contribution in [0.5, 0.6) is 0 Å². The van der Waals surface area contributed by atoms with Crippen LogP contribution < -0.4 is 4.72 Å². The molecule has 0 unspecified atom stereocenters. The van der Waals surface area contributed by atoms with E-state index in [0.717, 1.165) is 17.1 Å². The fourth-order valence-corrected chi connectivity index (χ4v) is 3.70. The highest BCUT2D eigenvalue weighted by Gasteiger charge is 2.28. The maximum atomic E-state index is 11.9. The van der Waals surface area contributed by atoms with Crippen molar-refractivity contribution in [1.82, 2.24) is 9.03 Å². The standard InChI is InChI=1S/C11H16N2O4S2/c1-13(2)19(16,17)11-7-5-10(6-8-11)18(14,15)12-9-3-4-9/h5-9,12H,3-4H2,1-2H3. The van der Waals surface area contributed by atoms with Gasteiger partial charge >= 0.3 is 0 Å². The second kappa shape index (κ2) is 4.86. The van der Waals surface area contributed by atoms with Crippen LogP contribution in [0, 0.1) is 0 Å². The first-order valence-electron chi connectivity index (χ1n) is 5.78. The first-order valence-corrected chi connectivity index (χ1v) is 8.71. The van der Waals surface area contributed by atoms with E-state index in [1.807, 2.05) is 0 Å². The van der Waals surface area contributed by atoms with Crippen molar-refractivity contribution < 1.29 is 16.8 Å². The van der Waals surface area contributed by atoms with Crippen molar-refractivity contribution in [2.24, 2.45) is 0 Å². The molecule has 1 aliphatic rings. The molecule has 0 radical (unpaired) electrons. The van der Waals surface area contributed by atoms with Gasteiger partial charge in [0.25, 0.3) is 0 Å². The van der Waals surface area contributed by atoms with Crippen molar-refractivity contribution in [3.05, 3.63) is 24.3 Å². The summed E-state index contributed by atoms with van der Waals surface area (Å²) in [6, 6.07) is 5.24. The second-order valence-corrected chi connectivity index (χ2v) is 8.52. The Labute approximate surface area is 113 Å². The lowest BCUT2D eigenvalue weighted by Crippen LogP contribution is -2.26. The Balaban J connectivity index is 2.28. The monoisotopic (exact) mass is 304 g/mol. The van der Waals surface area contributed by atoms with E-state index >= 15 is 0 Å². The van der Waals surface area contributed by atoms with Crippen LogP contribution in [0.4, 0.5) is 0 Å². The Kier molecular flexibility index (Phi) is 3.69. The van der Waals surface area contributed by atoms with Gasteiger partial charge in [-0.2, -0.15) is 0 Å². The summed E-state index contributed by atoms with van der Waals surface area (Å²) in [5, 5.41) is 0. The van der Waals surface area contributed by atoms with Crippen molar-refractivity contribution in [2.45, 2.75) is 28.7 Å². The molecule has 1 aromatic carbocycles. The molecule has 8 heteroatoms. The minimum Gasteiger partial charge on any atom is -0.208 e. The average Bonchev–Trinajstić information content (AvgIpc) is 3.12. The summed E-state index contributed by atoms with van der Waals surface area (Å²) in [6.45, 7) is 0. The molecule has 6 nitrogen and oxygen atoms in total. The maximum Gasteiger partial charge on any atom is 0.242 e. The summed E-state index contributed by atoms with van der Waals surface area (Å²) in [4.78, 5) is 0.153. The summed E-state index contributed by atoms with van der Waals surface area (Å²) in [5.41, 5.74) is 0. The number of benzene rings is 1. The molecule has 0 heterocycles. The minimum absolute atomic E-state index is 0.0233. The zero-order chi connectivity index (χ0) is 14.3. The molecule has 0 bridgehead atoms. The molecule has 0 saturated heterocycles. The van der Waals surface area contributed by atoms with Gasteiger partial charge in [-0.3, -0.25) is 0 Å². The smallest absolute Gasteiger partial charge is 0.208 e. The molecule has 1 saturated carbocycles. The second-order valence-electron chi connectivity index (χ2n) is 4.65. The molecule has 0 aliphatic heterocycles. The van der Waals surface area contributed by atoms with Crippen molar-refractivity contribution in [2.75, 3.05) is 14.1 Å². The van der Waals surface area contributed by atoms with E-state index in [9.17, 15) is 16.8 Å². The molecule has 1 aliphatic carbocycles. The van der Waals surface area contributed by atoms with E-state index < -0.39 is 20.0 Å². The Morgan fingerprint density at radius 2 is 1.47 bits per heavy atom. The summed E-state index contributed by atoms with van der Waals surface area (Å²) in [5.74, 6) is 0. The van der Waals surface area contributed by atoms with Crippen LogP contribution in [0.3, 0.4) is 0 Å². The van der Waals surface area contributed by atoms with Gasteiger partial charge in [0.05, 0.1) is 9.79 Å². The molecule has 0 spiro atoms. The fourth-order valence-electron chi connectivity index (χ4n) is 1.49. The van der Waals surface area contributed by atoms with Gasteiger partial charge in [-0.15, -0.1) is 0 Å². The lowest BCUT2D eigenvalue weighted by Gasteiger charge is -2.12. The van der Waals surface area contributed by atoms with Crippen LogP contribution in [0.2, 0.25) is 0 Å². The van der Waals surface area contributed by atoms with Crippen molar-refractivity contribution in [3.63, 3.8) is 0 Å². The summed E-state index contributed by atoms with van der Waals surface area (Å²) in [6.07, 6.45) is 1.71. The Morgan fingerprint density at radius 1 is 1.00 bits per heavy atom. The molecule has 106 valence electrons. The predicted molar refractivity (Wildman–Crippen MR) is 70.7 cm³/mol. The Morgan fingerprint density at radius 3 is 1.89 bits per heavy atom. The lowest BCUT2D eigenvalue weighted by molar-refractivity contribution is 0.520. The van der Waals surface area contributed by atoms with Crippen molar-refractivity contribution in [3.8, 4) is 0 Å². The first-order chi connectivity index (χ1) is 8.73. The molecule has 1 aromatic rings. The van der Waals surface area contributed by atoms with Gasteiger partial charge in [-0.25, -0.2) is 25.9 Å². The van der Waals surface area contributed by atoms with Crippen molar-refractivity contribution >= 4 is 20.0 Å². The van der Waals surface area contributed by atoms with Crippen LogP contribution in [0.15, 0.2) is 34.1 Å². The van der Waals surface area contributed by atoms with E-state index in [1.165, 1.54) is 38.4 Å². The van der Waals surface area contributed by atoms with Gasteiger partial charge in [0.15, 0.2) is 0 Å². The Hall–Kier alpha value is -0.960. The predicted octanol–water partition coefficient (Wildman–Crippen LogP) is 0.378. The SMILES string of the molecule is CN(C)S(=O)(=O)c1ccc(S(=O)(=O)NC2CC2)cc1. The topological polar surface area (TPSA) is 83.6 Å². The van der Waals surface area contributed by atoms with Crippen LogP contribution in [-0.4, -0.2) is 41.3 Å². The van der Waals surface area contributed by atoms with Gasteiger partial charge in [-0.1, -0.05) is 0 Å². The fraction of sp³-hybridized carbons (Fsp3) is 0.455. The molecular formula is C11H16N2O4S2. The Bertz CT molecular complexity index is 659. The number of nitrogens with one attached hydrogen (secondary N) is 1. The summed E-state index contributed by atoms with van der Waals surface area (Å²) in [7, 11) is -4.22. The molecule has 2 rings (SSSR count). The average molecular weight is 304 g/mol. The van der Waals surface area contributed by atoms with Crippen LogP contribution in [0.25, 0.3) is 0 Å². The van der Waals surface area contributed by atoms with Crippen molar-refractivity contribution in [1.29, 1.82) is 0 Å². The first kappa shape index (κ1) is 14.4. The number of rotatable bonds is 5. The van der Waals surface area contributed by atoms with E-state index in [1.54, 1.807) is 0 Å². The van der Waals surface area contributed by atoms with Gasteiger partial charge in [0, 0.05) is 20.1 Å². The van der Waals surface area contributed by atoms with Crippen LogP contribution >= 0.6 is 0 Å². The van der Waals surface area contributed by atoms with Gasteiger partial charge < -0.3 is 0 Å². The molecule has 0 amide bonds. The molecule has 1 fully saturated rings. The van der Waals surface area contributed by atoms with E-state index in [2.05, 4.69) is 4.72 Å². The lowest BCUT2D eigenvalue weighted by atomic mass is 10.4. The van der Waals surface area contributed by atoms with Gasteiger partial charge in [0.1, 0.15) is 0 Å². The van der Waals surface area contributed by atoms with Crippen LogP contribution in [0.1, 0.15) is 12.8 Å². The molecule has 0 atom stereocenters. The van der Waals surface area contributed by atoms with Crippen LogP contribution in [-0.2, 0) is 20.0 Å². The highest BCUT2D eigenvalue weighted by molar-refractivity contribution is 7.89. The number of hydrogen-bond acceptors (Lipinski definition) is 4. The summed E-state index contributed by atoms with van der Waals surface area (Å²) < 4.78 is 51.1. The quantitative estimate of drug-likeness (QED) is 0.852. The number of sulfonamides is 2. The highest BCUT2D eigenvalue weighted by atomic mass is 32.2. The van der Waals surface area contributed by atoms with E-state index in [0.29, 0.717) is 0 Å². The zero-order valence-electron chi connectivity index (χ0n) is 10.7. The zero-order valence-corrected chi connectivity index (χ0v) is 12.3. The third-order valence-corrected chi connectivity index (χ3v) is 6.18. The van der Waals surface area contributed by atoms with Gasteiger partial charge in [-0.05, 0) is 37.1 Å². The van der Waals surface area contributed by atoms with E-state index in [4.69, 9.17) is 0 Å². The molecule has 19 heavy (non-hydrogen) atoms. The summed E-state index contributed by atoms with van der Waals surface area (Å²) >= 11 is 0. The molecular weight excluding hydrogens is 288 g/mol.